The standard InChI is InChI=1S/C34H34F3N3O4/c1-22(2)30-31(43)40(33(38,32(44)34(35,36)37)29(23(3)41)26-17-11-6-12-18-26)27(25-15-9-5-10-16-25)21-39(30)28(42)20-19-24-13-7-4-8-14-24/h4-18,21-22,29-30H,19-20,38H2,1-3H3. The van der Waals surface area contributed by atoms with Crippen LogP contribution in [0.5, 0.6) is 0 Å². The highest BCUT2D eigenvalue weighted by atomic mass is 19.4. The van der Waals surface area contributed by atoms with Crippen LogP contribution in [0.1, 0.15) is 49.8 Å². The zero-order valence-electron chi connectivity index (χ0n) is 24.6. The molecule has 1 aliphatic rings. The maximum absolute atomic E-state index is 14.6. The number of halogens is 3. The molecule has 0 saturated heterocycles. The van der Waals surface area contributed by atoms with Crippen molar-refractivity contribution < 1.29 is 32.3 Å². The van der Waals surface area contributed by atoms with Gasteiger partial charge in [0, 0.05) is 12.6 Å². The third-order valence-electron chi connectivity index (χ3n) is 7.71. The van der Waals surface area contributed by atoms with Crippen molar-refractivity contribution in [3.8, 4) is 0 Å². The summed E-state index contributed by atoms with van der Waals surface area (Å²) in [4.78, 5) is 56.8. The van der Waals surface area contributed by atoms with E-state index >= 15 is 0 Å². The van der Waals surface area contributed by atoms with Crippen molar-refractivity contribution in [2.75, 3.05) is 0 Å². The van der Waals surface area contributed by atoms with Crippen LogP contribution in [0.15, 0.2) is 97.2 Å². The van der Waals surface area contributed by atoms with Gasteiger partial charge in [-0.15, -0.1) is 0 Å². The molecule has 10 heteroatoms. The molecule has 3 atom stereocenters. The predicted molar refractivity (Wildman–Crippen MR) is 159 cm³/mol. The third kappa shape index (κ3) is 6.35. The van der Waals surface area contributed by atoms with Crippen LogP contribution in [0, 0.1) is 5.92 Å². The average molecular weight is 606 g/mol. The molecule has 44 heavy (non-hydrogen) atoms. The van der Waals surface area contributed by atoms with E-state index in [1.807, 2.05) is 30.3 Å². The summed E-state index contributed by atoms with van der Waals surface area (Å²) in [5, 5.41) is 0. The zero-order valence-corrected chi connectivity index (χ0v) is 24.6. The van der Waals surface area contributed by atoms with E-state index in [4.69, 9.17) is 5.73 Å². The van der Waals surface area contributed by atoms with Crippen molar-refractivity contribution in [3.63, 3.8) is 0 Å². The Labute approximate surface area is 254 Å². The molecule has 0 spiro atoms. The number of nitrogens with zero attached hydrogens (tertiary/aromatic N) is 2. The van der Waals surface area contributed by atoms with Crippen molar-refractivity contribution in [3.05, 3.63) is 114 Å². The lowest BCUT2D eigenvalue weighted by Gasteiger charge is -2.50. The fraction of sp³-hybridized carbons (Fsp3) is 0.294. The molecule has 0 radical (unpaired) electrons. The van der Waals surface area contributed by atoms with Gasteiger partial charge in [-0.2, -0.15) is 13.2 Å². The summed E-state index contributed by atoms with van der Waals surface area (Å²) in [6, 6.07) is 23.2. The Morgan fingerprint density at radius 1 is 0.864 bits per heavy atom. The van der Waals surface area contributed by atoms with Gasteiger partial charge in [-0.25, -0.2) is 0 Å². The van der Waals surface area contributed by atoms with Crippen LogP contribution in [0.4, 0.5) is 13.2 Å². The molecule has 0 aromatic heterocycles. The highest BCUT2D eigenvalue weighted by molar-refractivity contribution is 6.07. The van der Waals surface area contributed by atoms with E-state index in [0.717, 1.165) is 12.5 Å². The average Bonchev–Trinajstić information content (AvgIpc) is 2.99. The summed E-state index contributed by atoms with van der Waals surface area (Å²) in [5.74, 6) is -7.24. The van der Waals surface area contributed by atoms with E-state index in [1.54, 1.807) is 38.1 Å². The predicted octanol–water partition coefficient (Wildman–Crippen LogP) is 5.47. The van der Waals surface area contributed by atoms with Crippen molar-refractivity contribution in [1.29, 1.82) is 0 Å². The van der Waals surface area contributed by atoms with Crippen molar-refractivity contribution in [1.82, 2.24) is 9.80 Å². The van der Waals surface area contributed by atoms with E-state index in [9.17, 15) is 32.3 Å². The van der Waals surface area contributed by atoms with Gasteiger partial charge in [0.05, 0.1) is 11.6 Å². The van der Waals surface area contributed by atoms with E-state index in [-0.39, 0.29) is 23.2 Å². The number of nitrogens with two attached hydrogens (primary N) is 1. The van der Waals surface area contributed by atoms with Crippen LogP contribution in [0.25, 0.3) is 5.70 Å². The SMILES string of the molecule is CC(=O)C(c1ccccc1)C(N)(C(=O)C(F)(F)F)N1C(=O)C(C(C)C)N(C(=O)CCc2ccccc2)C=C1c1ccccc1. The Morgan fingerprint density at radius 2 is 1.39 bits per heavy atom. The number of hydrogen-bond acceptors (Lipinski definition) is 5. The molecular formula is C34H34F3N3O4. The van der Waals surface area contributed by atoms with Gasteiger partial charge in [0.25, 0.3) is 11.7 Å². The van der Waals surface area contributed by atoms with Gasteiger partial charge < -0.3 is 10.6 Å². The Hall–Kier alpha value is -4.57. The number of carbonyl (C=O) groups is 4. The summed E-state index contributed by atoms with van der Waals surface area (Å²) in [6.07, 6.45) is -3.87. The molecule has 3 aromatic rings. The number of amides is 2. The molecule has 7 nitrogen and oxygen atoms in total. The Balaban J connectivity index is 1.97. The molecule has 2 N–H and O–H groups in total. The molecule has 230 valence electrons. The van der Waals surface area contributed by atoms with E-state index in [1.165, 1.54) is 47.5 Å². The van der Waals surface area contributed by atoms with Crippen LogP contribution < -0.4 is 5.73 Å². The monoisotopic (exact) mass is 605 g/mol. The van der Waals surface area contributed by atoms with E-state index in [2.05, 4.69) is 0 Å². The van der Waals surface area contributed by atoms with Crippen molar-refractivity contribution in [2.45, 2.75) is 57.4 Å². The quantitative estimate of drug-likeness (QED) is 0.330. The Morgan fingerprint density at radius 3 is 1.89 bits per heavy atom. The van der Waals surface area contributed by atoms with Crippen molar-refractivity contribution in [2.24, 2.45) is 11.7 Å². The number of alkyl halides is 3. The second-order valence-corrected chi connectivity index (χ2v) is 11.1. The highest BCUT2D eigenvalue weighted by Gasteiger charge is 2.63. The van der Waals surface area contributed by atoms with Crippen LogP contribution in [0.3, 0.4) is 0 Å². The second-order valence-electron chi connectivity index (χ2n) is 11.1. The van der Waals surface area contributed by atoms with E-state index in [0.29, 0.717) is 11.3 Å². The number of carbonyl (C=O) groups excluding carboxylic acids is 4. The number of rotatable bonds is 10. The molecule has 0 aliphatic carbocycles. The first kappa shape index (κ1) is 32.3. The maximum atomic E-state index is 14.6. The van der Waals surface area contributed by atoms with E-state index < -0.39 is 53.1 Å². The van der Waals surface area contributed by atoms with Gasteiger partial charge in [0.1, 0.15) is 11.8 Å². The van der Waals surface area contributed by atoms with Crippen LogP contribution in [0.2, 0.25) is 0 Å². The minimum atomic E-state index is -5.52. The summed E-state index contributed by atoms with van der Waals surface area (Å²) >= 11 is 0. The molecule has 0 saturated carbocycles. The fourth-order valence-electron chi connectivity index (χ4n) is 5.73. The molecule has 3 unspecified atom stereocenters. The van der Waals surface area contributed by atoms with Gasteiger partial charge in [-0.05, 0) is 36.0 Å². The lowest BCUT2D eigenvalue weighted by Crippen LogP contribution is -2.73. The lowest BCUT2D eigenvalue weighted by atomic mass is 9.77. The van der Waals surface area contributed by atoms with Gasteiger partial charge in [-0.3, -0.25) is 24.1 Å². The molecule has 4 rings (SSSR count). The molecule has 0 fully saturated rings. The molecule has 3 aromatic carbocycles. The Kier molecular flexibility index (Phi) is 9.53. The van der Waals surface area contributed by atoms with Gasteiger partial charge in [0.15, 0.2) is 5.66 Å². The Bertz CT molecular complexity index is 1540. The lowest BCUT2D eigenvalue weighted by molar-refractivity contribution is -0.186. The summed E-state index contributed by atoms with van der Waals surface area (Å²) in [6.45, 7) is 4.31. The van der Waals surface area contributed by atoms with Gasteiger partial charge >= 0.3 is 6.18 Å². The zero-order chi connectivity index (χ0) is 32.2. The number of aryl methyl sites for hydroxylation is 1. The molecule has 2 amide bonds. The van der Waals surface area contributed by atoms with Gasteiger partial charge in [-0.1, -0.05) is 105 Å². The smallest absolute Gasteiger partial charge is 0.304 e. The first-order valence-corrected chi connectivity index (χ1v) is 14.2. The number of benzene rings is 3. The maximum Gasteiger partial charge on any atom is 0.454 e. The topological polar surface area (TPSA) is 101 Å². The van der Waals surface area contributed by atoms with Crippen LogP contribution >= 0.6 is 0 Å². The molecule has 1 heterocycles. The molecule has 0 bridgehead atoms. The highest BCUT2D eigenvalue weighted by Crippen LogP contribution is 2.43. The first-order chi connectivity index (χ1) is 20.8. The number of Topliss-reactive ketones (excluding diaryl/α,β-unsaturated/α-hetero) is 2. The fourth-order valence-corrected chi connectivity index (χ4v) is 5.73. The summed E-state index contributed by atoms with van der Waals surface area (Å²) < 4.78 is 43.4. The summed E-state index contributed by atoms with van der Waals surface area (Å²) in [7, 11) is 0. The summed E-state index contributed by atoms with van der Waals surface area (Å²) in [5.41, 5.74) is 4.30. The number of hydrogen-bond donors (Lipinski definition) is 1. The minimum Gasteiger partial charge on any atom is -0.304 e. The second kappa shape index (κ2) is 13.0. The normalized spacial score (nSPS) is 17.6. The van der Waals surface area contributed by atoms with Crippen molar-refractivity contribution >= 4 is 29.1 Å². The number of ketones is 2. The largest absolute Gasteiger partial charge is 0.454 e. The minimum absolute atomic E-state index is 0.00835. The van der Waals surface area contributed by atoms with Crippen LogP contribution in [-0.4, -0.2) is 51.1 Å². The first-order valence-electron chi connectivity index (χ1n) is 14.2. The third-order valence-corrected chi connectivity index (χ3v) is 7.71. The molecule has 1 aliphatic heterocycles. The molecular weight excluding hydrogens is 571 g/mol. The van der Waals surface area contributed by atoms with Crippen LogP contribution in [-0.2, 0) is 25.6 Å². The van der Waals surface area contributed by atoms with Gasteiger partial charge in [0.2, 0.25) is 5.91 Å².